The summed E-state index contributed by atoms with van der Waals surface area (Å²) in [6.07, 6.45) is -4.22. The molecule has 0 saturated carbocycles. The van der Waals surface area contributed by atoms with Crippen LogP contribution in [0.3, 0.4) is 0 Å². The zero-order chi connectivity index (χ0) is 20.3. The first-order valence-corrected chi connectivity index (χ1v) is 8.78. The van der Waals surface area contributed by atoms with Crippen LogP contribution in [-0.2, 0) is 16.0 Å². The Balaban J connectivity index is 1.78. The SMILES string of the molecule is Cc1nnc(C(Cc2ccccc2)NC(=O)C2CCCN2C(=O)C(F)(F)F)o1. The van der Waals surface area contributed by atoms with Crippen LogP contribution in [0.1, 0.15) is 36.2 Å². The number of rotatable bonds is 5. The molecule has 2 heterocycles. The molecule has 1 saturated heterocycles. The van der Waals surface area contributed by atoms with Crippen molar-refractivity contribution in [2.75, 3.05) is 6.54 Å². The fraction of sp³-hybridized carbons (Fsp3) is 0.444. The Labute approximate surface area is 158 Å². The summed E-state index contributed by atoms with van der Waals surface area (Å²) in [4.78, 5) is 24.9. The summed E-state index contributed by atoms with van der Waals surface area (Å²) in [5, 5.41) is 10.3. The van der Waals surface area contributed by atoms with Crippen LogP contribution in [0.2, 0.25) is 0 Å². The standard InChI is InChI=1S/C18H19F3N4O3/c1-11-23-24-16(28-11)13(10-12-6-3-2-4-7-12)22-15(26)14-8-5-9-25(14)17(27)18(19,20)21/h2-4,6-7,13-14H,5,8-10H2,1H3,(H,22,26). The molecule has 1 aromatic carbocycles. The number of halogens is 3. The zero-order valence-corrected chi connectivity index (χ0v) is 15.1. The third-order valence-electron chi connectivity index (χ3n) is 4.50. The third-order valence-corrected chi connectivity index (χ3v) is 4.50. The van der Waals surface area contributed by atoms with Crippen molar-refractivity contribution >= 4 is 11.8 Å². The Kier molecular flexibility index (Phi) is 5.66. The van der Waals surface area contributed by atoms with E-state index in [4.69, 9.17) is 4.42 Å². The van der Waals surface area contributed by atoms with Crippen molar-refractivity contribution in [1.82, 2.24) is 20.4 Å². The lowest BCUT2D eigenvalue weighted by Crippen LogP contribution is -2.50. The maximum Gasteiger partial charge on any atom is 0.471 e. The highest BCUT2D eigenvalue weighted by Crippen LogP contribution is 2.27. The van der Waals surface area contributed by atoms with Crippen molar-refractivity contribution in [3.63, 3.8) is 0 Å². The number of aryl methyl sites for hydroxylation is 1. The molecule has 1 aliphatic heterocycles. The van der Waals surface area contributed by atoms with E-state index in [1.165, 1.54) is 0 Å². The van der Waals surface area contributed by atoms with Crippen LogP contribution in [0.15, 0.2) is 34.7 Å². The highest BCUT2D eigenvalue weighted by Gasteiger charge is 2.48. The molecule has 0 bridgehead atoms. The van der Waals surface area contributed by atoms with Gasteiger partial charge in [0, 0.05) is 19.9 Å². The molecule has 0 radical (unpaired) electrons. The molecule has 0 spiro atoms. The molecule has 7 nitrogen and oxygen atoms in total. The van der Waals surface area contributed by atoms with Gasteiger partial charge in [0.2, 0.25) is 17.7 Å². The molecule has 10 heteroatoms. The number of hydrogen-bond donors (Lipinski definition) is 1. The van der Waals surface area contributed by atoms with Gasteiger partial charge in [-0.25, -0.2) is 0 Å². The molecule has 2 aromatic rings. The lowest BCUT2D eigenvalue weighted by molar-refractivity contribution is -0.186. The van der Waals surface area contributed by atoms with Gasteiger partial charge < -0.3 is 14.6 Å². The van der Waals surface area contributed by atoms with Gasteiger partial charge in [-0.05, 0) is 18.4 Å². The van der Waals surface area contributed by atoms with E-state index < -0.39 is 30.1 Å². The first-order valence-electron chi connectivity index (χ1n) is 8.78. The predicted molar refractivity (Wildman–Crippen MR) is 90.9 cm³/mol. The van der Waals surface area contributed by atoms with Crippen LogP contribution in [0.25, 0.3) is 0 Å². The molecule has 1 N–H and O–H groups in total. The van der Waals surface area contributed by atoms with Gasteiger partial charge in [-0.3, -0.25) is 9.59 Å². The average Bonchev–Trinajstić information content (AvgIpc) is 3.29. The molecule has 0 aliphatic carbocycles. The minimum absolute atomic E-state index is 0.112. The number of hydrogen-bond acceptors (Lipinski definition) is 5. The first kappa shape index (κ1) is 19.8. The summed E-state index contributed by atoms with van der Waals surface area (Å²) in [6.45, 7) is 1.48. The Hall–Kier alpha value is -2.91. The van der Waals surface area contributed by atoms with E-state index in [9.17, 15) is 22.8 Å². The van der Waals surface area contributed by atoms with Crippen molar-refractivity contribution in [1.29, 1.82) is 0 Å². The number of nitrogens with one attached hydrogen (secondary N) is 1. The molecule has 28 heavy (non-hydrogen) atoms. The molecule has 2 amide bonds. The van der Waals surface area contributed by atoms with E-state index in [1.54, 1.807) is 6.92 Å². The lowest BCUT2D eigenvalue weighted by atomic mass is 10.0. The van der Waals surface area contributed by atoms with Gasteiger partial charge in [0.15, 0.2) is 0 Å². The summed E-state index contributed by atoms with van der Waals surface area (Å²) in [5.41, 5.74) is 0.873. The Morgan fingerprint density at radius 2 is 2.00 bits per heavy atom. The fourth-order valence-corrected chi connectivity index (χ4v) is 3.22. The number of carbonyl (C=O) groups excluding carboxylic acids is 2. The molecule has 1 fully saturated rings. The fourth-order valence-electron chi connectivity index (χ4n) is 3.22. The van der Waals surface area contributed by atoms with E-state index in [0.29, 0.717) is 23.6 Å². The number of aromatic nitrogens is 2. The van der Waals surface area contributed by atoms with E-state index in [0.717, 1.165) is 5.56 Å². The zero-order valence-electron chi connectivity index (χ0n) is 15.1. The van der Waals surface area contributed by atoms with Crippen molar-refractivity contribution in [2.24, 2.45) is 0 Å². The van der Waals surface area contributed by atoms with Gasteiger partial charge in [-0.2, -0.15) is 13.2 Å². The Bertz CT molecular complexity index is 838. The molecule has 3 rings (SSSR count). The van der Waals surface area contributed by atoms with Crippen LogP contribution in [0, 0.1) is 6.92 Å². The summed E-state index contributed by atoms with van der Waals surface area (Å²) in [7, 11) is 0. The molecule has 1 aromatic heterocycles. The number of carbonyl (C=O) groups is 2. The smallest absolute Gasteiger partial charge is 0.423 e. The average molecular weight is 396 g/mol. The Morgan fingerprint density at radius 1 is 1.29 bits per heavy atom. The maximum absolute atomic E-state index is 12.8. The number of nitrogens with zero attached hydrogens (tertiary/aromatic N) is 3. The number of benzene rings is 1. The van der Waals surface area contributed by atoms with Crippen LogP contribution >= 0.6 is 0 Å². The molecular weight excluding hydrogens is 377 g/mol. The van der Waals surface area contributed by atoms with Crippen molar-refractivity contribution < 1.29 is 27.2 Å². The van der Waals surface area contributed by atoms with Crippen molar-refractivity contribution in [3.05, 3.63) is 47.7 Å². The van der Waals surface area contributed by atoms with Gasteiger partial charge in [0.05, 0.1) is 0 Å². The van der Waals surface area contributed by atoms with E-state index in [1.807, 2.05) is 30.3 Å². The molecular formula is C18H19F3N4O3. The van der Waals surface area contributed by atoms with E-state index >= 15 is 0 Å². The van der Waals surface area contributed by atoms with Crippen LogP contribution in [0.5, 0.6) is 0 Å². The van der Waals surface area contributed by atoms with Gasteiger partial charge >= 0.3 is 12.1 Å². The van der Waals surface area contributed by atoms with Crippen molar-refractivity contribution in [2.45, 2.75) is 44.4 Å². The monoisotopic (exact) mass is 396 g/mol. The quantitative estimate of drug-likeness (QED) is 0.838. The topological polar surface area (TPSA) is 88.3 Å². The second-order valence-corrected chi connectivity index (χ2v) is 6.56. The lowest BCUT2D eigenvalue weighted by Gasteiger charge is -2.26. The van der Waals surface area contributed by atoms with Gasteiger partial charge in [0.1, 0.15) is 12.1 Å². The van der Waals surface area contributed by atoms with Gasteiger partial charge in [-0.15, -0.1) is 10.2 Å². The molecule has 150 valence electrons. The second-order valence-electron chi connectivity index (χ2n) is 6.56. The minimum atomic E-state index is -5.02. The third kappa shape index (κ3) is 4.49. The first-order chi connectivity index (χ1) is 13.3. The summed E-state index contributed by atoms with van der Waals surface area (Å²) in [5.74, 6) is -2.22. The summed E-state index contributed by atoms with van der Waals surface area (Å²) < 4.78 is 43.8. The highest BCUT2D eigenvalue weighted by molar-refractivity contribution is 5.90. The van der Waals surface area contributed by atoms with Crippen LogP contribution in [-0.4, -0.2) is 45.7 Å². The van der Waals surface area contributed by atoms with E-state index in [-0.39, 0.29) is 18.9 Å². The normalized spacial score (nSPS) is 18.1. The van der Waals surface area contributed by atoms with Crippen molar-refractivity contribution in [3.8, 4) is 0 Å². The largest absolute Gasteiger partial charge is 0.471 e. The predicted octanol–water partition coefficient (Wildman–Crippen LogP) is 2.33. The number of alkyl halides is 3. The van der Waals surface area contributed by atoms with Gasteiger partial charge in [0.25, 0.3) is 0 Å². The van der Waals surface area contributed by atoms with Crippen LogP contribution < -0.4 is 5.32 Å². The number of likely N-dealkylation sites (tertiary alicyclic amines) is 1. The molecule has 2 atom stereocenters. The van der Waals surface area contributed by atoms with Gasteiger partial charge in [-0.1, -0.05) is 30.3 Å². The summed E-state index contributed by atoms with van der Waals surface area (Å²) >= 11 is 0. The second kappa shape index (κ2) is 7.99. The maximum atomic E-state index is 12.8. The van der Waals surface area contributed by atoms with E-state index in [2.05, 4.69) is 15.5 Å². The van der Waals surface area contributed by atoms with Crippen LogP contribution in [0.4, 0.5) is 13.2 Å². The summed E-state index contributed by atoms with van der Waals surface area (Å²) in [6, 6.07) is 7.28. The highest BCUT2D eigenvalue weighted by atomic mass is 19.4. The molecule has 1 aliphatic rings. The number of amides is 2. The molecule has 2 unspecified atom stereocenters. The Morgan fingerprint density at radius 3 is 2.61 bits per heavy atom. The minimum Gasteiger partial charge on any atom is -0.423 e.